The Hall–Kier alpha value is -2.26. The lowest BCUT2D eigenvalue weighted by atomic mass is 9.97. The number of carbonyl (C=O) groups is 1. The molecule has 1 atom stereocenters. The lowest BCUT2D eigenvalue weighted by Gasteiger charge is -2.30. The number of benzene rings is 1. The molecule has 0 aliphatic rings. The van der Waals surface area contributed by atoms with Crippen molar-refractivity contribution in [3.8, 4) is 5.75 Å². The summed E-state index contributed by atoms with van der Waals surface area (Å²) in [7, 11) is 1.32. The average Bonchev–Trinajstić information content (AvgIpc) is 2.92. The van der Waals surface area contributed by atoms with Gasteiger partial charge in [-0.3, -0.25) is 4.79 Å². The summed E-state index contributed by atoms with van der Waals surface area (Å²) >= 11 is 5.80. The zero-order chi connectivity index (χ0) is 18.8. The van der Waals surface area contributed by atoms with Gasteiger partial charge < -0.3 is 20.1 Å². The van der Waals surface area contributed by atoms with Crippen LogP contribution in [0.15, 0.2) is 30.6 Å². The molecule has 2 aromatic rings. The van der Waals surface area contributed by atoms with Crippen LogP contribution in [0.4, 0.5) is 13.2 Å². The number of nitrogens with zero attached hydrogens (tertiary/aromatic N) is 2. The van der Waals surface area contributed by atoms with E-state index in [0.717, 1.165) is 10.8 Å². The predicted octanol–water partition coefficient (Wildman–Crippen LogP) is 2.35. The van der Waals surface area contributed by atoms with Gasteiger partial charge in [-0.25, -0.2) is 4.98 Å². The van der Waals surface area contributed by atoms with E-state index in [-0.39, 0.29) is 10.6 Å². The smallest absolute Gasteiger partial charge is 0.424 e. The van der Waals surface area contributed by atoms with Crippen LogP contribution in [0.5, 0.6) is 5.75 Å². The molecule has 1 amide bonds. The van der Waals surface area contributed by atoms with Crippen LogP contribution in [0.25, 0.3) is 0 Å². The molecule has 1 heterocycles. The number of nitrogens with one attached hydrogen (secondary N) is 1. The molecule has 0 aliphatic carbocycles. The highest BCUT2D eigenvalue weighted by molar-refractivity contribution is 6.34. The fraction of sp³-hybridized carbons (Fsp3) is 0.333. The minimum absolute atomic E-state index is 0.0484. The van der Waals surface area contributed by atoms with Crippen molar-refractivity contribution in [1.29, 1.82) is 0 Å². The molecule has 1 aromatic heterocycles. The van der Waals surface area contributed by atoms with E-state index in [1.54, 1.807) is 0 Å². The SMILES string of the molecule is Cn1ccnc1[C@@](O)(CCNC(=O)c1c(O)cccc1Cl)C(F)(F)F. The molecule has 0 saturated heterocycles. The molecule has 0 aliphatic heterocycles. The van der Waals surface area contributed by atoms with Gasteiger partial charge in [-0.1, -0.05) is 17.7 Å². The van der Waals surface area contributed by atoms with E-state index >= 15 is 0 Å². The maximum atomic E-state index is 13.3. The maximum Gasteiger partial charge on any atom is 0.424 e. The maximum absolute atomic E-state index is 13.3. The van der Waals surface area contributed by atoms with Gasteiger partial charge in [0.25, 0.3) is 5.91 Å². The topological polar surface area (TPSA) is 87.4 Å². The number of phenolic OH excluding ortho intramolecular Hbond substituents is 1. The van der Waals surface area contributed by atoms with Crippen molar-refractivity contribution in [2.75, 3.05) is 6.54 Å². The van der Waals surface area contributed by atoms with Crippen molar-refractivity contribution < 1.29 is 28.2 Å². The third kappa shape index (κ3) is 3.72. The molecule has 6 nitrogen and oxygen atoms in total. The number of rotatable bonds is 5. The Labute approximate surface area is 145 Å². The van der Waals surface area contributed by atoms with E-state index in [9.17, 15) is 28.2 Å². The Morgan fingerprint density at radius 1 is 1.40 bits per heavy atom. The molecular weight excluding hydrogens is 363 g/mol. The first kappa shape index (κ1) is 19.1. The summed E-state index contributed by atoms with van der Waals surface area (Å²) in [6, 6.07) is 3.99. The number of phenols is 1. The molecule has 0 fully saturated rings. The molecule has 0 bridgehead atoms. The number of hydrogen-bond donors (Lipinski definition) is 3. The molecule has 0 spiro atoms. The van der Waals surface area contributed by atoms with Crippen molar-refractivity contribution in [2.45, 2.75) is 18.2 Å². The Bertz CT molecular complexity index is 759. The van der Waals surface area contributed by atoms with Gasteiger partial charge in [-0.05, 0) is 12.1 Å². The predicted molar refractivity (Wildman–Crippen MR) is 83.2 cm³/mol. The van der Waals surface area contributed by atoms with Gasteiger partial charge in [0, 0.05) is 32.4 Å². The highest BCUT2D eigenvalue weighted by Crippen LogP contribution is 2.40. The molecule has 3 N–H and O–H groups in total. The van der Waals surface area contributed by atoms with Crippen LogP contribution < -0.4 is 5.32 Å². The monoisotopic (exact) mass is 377 g/mol. The number of aromatic hydroxyl groups is 1. The molecular formula is C15H15ClF3N3O3. The quantitative estimate of drug-likeness (QED) is 0.746. The number of aryl methyl sites for hydroxylation is 1. The standard InChI is InChI=1S/C15H15ClF3N3O3/c1-22-8-7-21-13(22)14(25,15(17,18)19)5-6-20-12(24)11-9(16)3-2-4-10(11)23/h2-4,7-8,23,25H,5-6H2,1H3,(H,20,24)/t14-/m0/s1. The zero-order valence-corrected chi connectivity index (χ0v) is 13.8. The number of carbonyl (C=O) groups excluding carboxylic acids is 1. The molecule has 0 radical (unpaired) electrons. The Kier molecular flexibility index (Phi) is 5.28. The first-order chi connectivity index (χ1) is 11.6. The number of halogens is 4. The average molecular weight is 378 g/mol. The lowest BCUT2D eigenvalue weighted by Crippen LogP contribution is -2.46. The van der Waals surface area contributed by atoms with E-state index in [4.69, 9.17) is 11.6 Å². The van der Waals surface area contributed by atoms with Crippen molar-refractivity contribution in [3.63, 3.8) is 0 Å². The van der Waals surface area contributed by atoms with Crippen molar-refractivity contribution in [2.24, 2.45) is 7.05 Å². The van der Waals surface area contributed by atoms with Crippen LogP contribution >= 0.6 is 11.6 Å². The van der Waals surface area contributed by atoms with Crippen LogP contribution in [-0.4, -0.2) is 38.4 Å². The number of aliphatic hydroxyl groups is 1. The Morgan fingerprint density at radius 2 is 2.08 bits per heavy atom. The zero-order valence-electron chi connectivity index (χ0n) is 13.0. The normalized spacial score (nSPS) is 14.2. The second-order valence-corrected chi connectivity index (χ2v) is 5.77. The number of hydrogen-bond acceptors (Lipinski definition) is 4. The van der Waals surface area contributed by atoms with E-state index in [1.807, 2.05) is 0 Å². The van der Waals surface area contributed by atoms with Crippen LogP contribution in [0.1, 0.15) is 22.6 Å². The van der Waals surface area contributed by atoms with E-state index in [2.05, 4.69) is 10.3 Å². The fourth-order valence-corrected chi connectivity index (χ4v) is 2.58. The van der Waals surface area contributed by atoms with Crippen LogP contribution in [-0.2, 0) is 12.6 Å². The van der Waals surface area contributed by atoms with Crippen LogP contribution in [0.3, 0.4) is 0 Å². The van der Waals surface area contributed by atoms with Gasteiger partial charge in [0.05, 0.1) is 10.6 Å². The summed E-state index contributed by atoms with van der Waals surface area (Å²) < 4.78 is 41.1. The summed E-state index contributed by atoms with van der Waals surface area (Å²) in [5.41, 5.74) is -3.49. The fourth-order valence-electron chi connectivity index (χ4n) is 2.33. The minimum Gasteiger partial charge on any atom is -0.507 e. The molecule has 10 heteroatoms. The summed E-state index contributed by atoms with van der Waals surface area (Å²) in [4.78, 5) is 15.6. The van der Waals surface area contributed by atoms with Crippen molar-refractivity contribution >= 4 is 17.5 Å². The van der Waals surface area contributed by atoms with Crippen LogP contribution in [0, 0.1) is 0 Å². The molecule has 136 valence electrons. The van der Waals surface area contributed by atoms with Gasteiger partial charge >= 0.3 is 6.18 Å². The lowest BCUT2D eigenvalue weighted by molar-refractivity contribution is -0.272. The minimum atomic E-state index is -5.00. The van der Waals surface area contributed by atoms with E-state index in [0.29, 0.717) is 0 Å². The number of aromatic nitrogens is 2. The molecule has 2 rings (SSSR count). The highest BCUT2D eigenvalue weighted by atomic mass is 35.5. The van der Waals surface area contributed by atoms with Crippen LogP contribution in [0.2, 0.25) is 5.02 Å². The first-order valence-electron chi connectivity index (χ1n) is 7.10. The van der Waals surface area contributed by atoms with Crippen molar-refractivity contribution in [3.05, 3.63) is 47.0 Å². The second-order valence-electron chi connectivity index (χ2n) is 5.36. The summed E-state index contributed by atoms with van der Waals surface area (Å²) in [6.45, 7) is -0.521. The van der Waals surface area contributed by atoms with Gasteiger partial charge in [0.15, 0.2) is 0 Å². The van der Waals surface area contributed by atoms with Gasteiger partial charge in [-0.2, -0.15) is 13.2 Å². The first-order valence-corrected chi connectivity index (χ1v) is 7.48. The highest BCUT2D eigenvalue weighted by Gasteiger charge is 2.57. The number of amides is 1. The molecule has 0 saturated carbocycles. The summed E-state index contributed by atoms with van der Waals surface area (Å²) in [5.74, 6) is -1.84. The summed E-state index contributed by atoms with van der Waals surface area (Å²) in [6.07, 6.45) is -3.46. The Balaban J connectivity index is 2.15. The third-order valence-corrected chi connectivity index (χ3v) is 3.97. The van der Waals surface area contributed by atoms with E-state index < -0.39 is 42.2 Å². The second kappa shape index (κ2) is 6.93. The molecule has 0 unspecified atom stereocenters. The van der Waals surface area contributed by atoms with Gasteiger partial charge in [-0.15, -0.1) is 0 Å². The molecule has 1 aromatic carbocycles. The van der Waals surface area contributed by atoms with E-state index in [1.165, 1.54) is 31.4 Å². The molecule has 25 heavy (non-hydrogen) atoms. The summed E-state index contributed by atoms with van der Waals surface area (Å²) in [5, 5.41) is 22.0. The Morgan fingerprint density at radius 3 is 2.60 bits per heavy atom. The van der Waals surface area contributed by atoms with Gasteiger partial charge in [0.1, 0.15) is 11.6 Å². The van der Waals surface area contributed by atoms with Crippen molar-refractivity contribution in [1.82, 2.24) is 14.9 Å². The third-order valence-electron chi connectivity index (χ3n) is 3.65. The number of alkyl halides is 3. The number of imidazole rings is 1. The largest absolute Gasteiger partial charge is 0.507 e. The van der Waals surface area contributed by atoms with Gasteiger partial charge in [0.2, 0.25) is 5.60 Å².